The summed E-state index contributed by atoms with van der Waals surface area (Å²) in [5, 5.41) is 18.7. The summed E-state index contributed by atoms with van der Waals surface area (Å²) in [6.07, 6.45) is -4.35. The third-order valence-corrected chi connectivity index (χ3v) is 4.22. The van der Waals surface area contributed by atoms with Crippen LogP contribution in [-0.2, 0) is 26.5 Å². The zero-order chi connectivity index (χ0) is 24.9. The van der Waals surface area contributed by atoms with Gasteiger partial charge in [-0.05, 0) is 26.0 Å². The SMILES string of the molecule is CC(C)(c1cccc(N[C-]=CC(=N)C(F)(F)F)n1)c1cccc(N[C-]=CC(=N)C(F)(F)F)n1.[Pt+2]. The Kier molecular flexibility index (Phi) is 9.74. The van der Waals surface area contributed by atoms with Gasteiger partial charge in [0.1, 0.15) is 0 Å². The second-order valence-corrected chi connectivity index (χ2v) is 7.09. The van der Waals surface area contributed by atoms with Gasteiger partial charge in [0.2, 0.25) is 0 Å². The van der Waals surface area contributed by atoms with Crippen LogP contribution in [0.2, 0.25) is 0 Å². The Morgan fingerprint density at radius 2 is 1.12 bits per heavy atom. The van der Waals surface area contributed by atoms with Crippen molar-refractivity contribution in [1.29, 1.82) is 10.8 Å². The maximum atomic E-state index is 12.4. The summed E-state index contributed by atoms with van der Waals surface area (Å²) in [7, 11) is 0. The molecule has 0 aliphatic rings. The fraction of sp³-hybridized carbons (Fsp3) is 0.238. The van der Waals surface area contributed by atoms with Crippen LogP contribution in [0.1, 0.15) is 25.2 Å². The van der Waals surface area contributed by atoms with Crippen molar-refractivity contribution in [1.82, 2.24) is 9.97 Å². The van der Waals surface area contributed by atoms with Crippen molar-refractivity contribution < 1.29 is 47.4 Å². The van der Waals surface area contributed by atoms with E-state index in [1.807, 2.05) is 0 Å². The first-order valence-corrected chi connectivity index (χ1v) is 9.17. The van der Waals surface area contributed by atoms with Gasteiger partial charge in [-0.3, -0.25) is 9.97 Å². The van der Waals surface area contributed by atoms with E-state index in [1.54, 1.807) is 38.1 Å². The number of halogens is 6. The summed E-state index contributed by atoms with van der Waals surface area (Å²) in [6, 6.07) is 9.57. The van der Waals surface area contributed by atoms with Crippen molar-refractivity contribution in [2.75, 3.05) is 10.6 Å². The Morgan fingerprint density at radius 1 is 0.765 bits per heavy atom. The predicted octanol–water partition coefficient (Wildman–Crippen LogP) is 5.42. The molecule has 0 amide bonds. The Balaban J connectivity index is 0.00000578. The number of hydrogen-bond donors (Lipinski definition) is 4. The van der Waals surface area contributed by atoms with Gasteiger partial charge in [-0.15, -0.1) is 24.6 Å². The zero-order valence-corrected chi connectivity index (χ0v) is 19.9. The Hall–Kier alpha value is -3.01. The number of aromatic nitrogens is 2. The first-order valence-electron chi connectivity index (χ1n) is 9.17. The van der Waals surface area contributed by atoms with Crippen molar-refractivity contribution in [2.45, 2.75) is 31.6 Å². The molecule has 4 N–H and O–H groups in total. The van der Waals surface area contributed by atoms with Gasteiger partial charge in [0.05, 0.1) is 0 Å². The predicted molar refractivity (Wildman–Crippen MR) is 111 cm³/mol. The summed E-state index contributed by atoms with van der Waals surface area (Å²) < 4.78 is 74.2. The average molecular weight is 663 g/mol. The number of hydrogen-bond acceptors (Lipinski definition) is 6. The normalized spacial score (nSPS) is 12.5. The van der Waals surface area contributed by atoms with E-state index in [2.05, 4.69) is 33.0 Å². The van der Waals surface area contributed by atoms with Crippen LogP contribution >= 0.6 is 0 Å². The number of alkyl halides is 6. The molecule has 0 unspecified atom stereocenters. The molecule has 0 spiro atoms. The second-order valence-electron chi connectivity index (χ2n) is 7.09. The number of nitrogens with zero attached hydrogens (tertiary/aromatic N) is 2. The molecule has 0 fully saturated rings. The van der Waals surface area contributed by atoms with Crippen LogP contribution in [0.25, 0.3) is 0 Å². The molecule has 34 heavy (non-hydrogen) atoms. The quantitative estimate of drug-likeness (QED) is 0.131. The second kappa shape index (κ2) is 11.4. The van der Waals surface area contributed by atoms with E-state index < -0.39 is 29.2 Å². The van der Waals surface area contributed by atoms with Crippen LogP contribution in [-0.4, -0.2) is 33.7 Å². The van der Waals surface area contributed by atoms with Crippen molar-refractivity contribution >= 4 is 23.1 Å². The molecule has 13 heteroatoms. The van der Waals surface area contributed by atoms with Crippen molar-refractivity contribution in [3.8, 4) is 0 Å². The average Bonchev–Trinajstić information content (AvgIpc) is 2.72. The maximum Gasteiger partial charge on any atom is 2.00 e. The molecule has 0 saturated carbocycles. The fourth-order valence-corrected chi connectivity index (χ4v) is 2.36. The van der Waals surface area contributed by atoms with Gasteiger partial charge in [0.15, 0.2) is 0 Å². The number of rotatable bonds is 8. The smallest absolute Gasteiger partial charge is 0.453 e. The van der Waals surface area contributed by atoms with E-state index in [1.165, 1.54) is 12.1 Å². The Morgan fingerprint density at radius 3 is 1.44 bits per heavy atom. The Bertz CT molecular complexity index is 992. The van der Waals surface area contributed by atoms with Gasteiger partial charge in [-0.1, -0.05) is 24.3 Å². The zero-order valence-electron chi connectivity index (χ0n) is 17.6. The van der Waals surface area contributed by atoms with Crippen molar-refractivity contribution in [2.24, 2.45) is 0 Å². The minimum absolute atomic E-state index is 0. The first kappa shape index (κ1) is 29.0. The largest absolute Gasteiger partial charge is 2.00 e. The van der Waals surface area contributed by atoms with E-state index in [-0.39, 0.29) is 32.7 Å². The summed E-state index contributed by atoms with van der Waals surface area (Å²) in [4.78, 5) is 8.68. The fourth-order valence-electron chi connectivity index (χ4n) is 2.36. The van der Waals surface area contributed by atoms with Crippen LogP contribution in [0.15, 0.2) is 48.6 Å². The van der Waals surface area contributed by atoms with Crippen molar-refractivity contribution in [3.05, 3.63) is 72.3 Å². The van der Waals surface area contributed by atoms with Crippen molar-refractivity contribution in [3.63, 3.8) is 0 Å². The van der Waals surface area contributed by atoms with Crippen LogP contribution in [0, 0.1) is 23.2 Å². The van der Waals surface area contributed by atoms with Gasteiger partial charge in [-0.2, -0.15) is 26.3 Å². The van der Waals surface area contributed by atoms with Gasteiger partial charge < -0.3 is 21.5 Å². The minimum Gasteiger partial charge on any atom is -0.453 e. The molecular formula is C21H18F6N6Pt. The molecule has 0 aromatic carbocycles. The minimum atomic E-state index is -4.78. The van der Waals surface area contributed by atoms with E-state index in [0.717, 1.165) is 0 Å². The van der Waals surface area contributed by atoms with Crippen LogP contribution in [0.3, 0.4) is 0 Å². The molecule has 2 rings (SSSR count). The molecule has 0 atom stereocenters. The molecule has 6 nitrogen and oxygen atoms in total. The van der Waals surface area contributed by atoms with Crippen LogP contribution in [0.5, 0.6) is 0 Å². The molecule has 2 heterocycles. The number of nitrogens with one attached hydrogen (secondary N) is 4. The monoisotopic (exact) mass is 663 g/mol. The van der Waals surface area contributed by atoms with Gasteiger partial charge in [-0.25, -0.2) is 0 Å². The molecule has 2 aromatic heterocycles. The molecule has 0 saturated heterocycles. The van der Waals surface area contributed by atoms with E-state index >= 15 is 0 Å². The standard InChI is InChI=1S/C21H18F6N6.Pt/c1-19(2,15-5-3-7-17(32-15)30-11-9-13(28)20(22,23)24)16-6-4-8-18(33-16)31-12-10-14(29)21(25,26)27;/h3-10,28-29H,1-2H3,(H,30,32)(H,31,33);/q-2;+2. The number of pyridine rings is 2. The first-order chi connectivity index (χ1) is 15.2. The molecule has 184 valence electrons. The molecule has 0 radical (unpaired) electrons. The third-order valence-electron chi connectivity index (χ3n) is 4.22. The summed E-state index contributed by atoms with van der Waals surface area (Å²) in [6.45, 7) is 3.56. The van der Waals surface area contributed by atoms with Crippen LogP contribution in [0.4, 0.5) is 38.0 Å². The molecule has 0 aliphatic carbocycles. The van der Waals surface area contributed by atoms with E-state index in [9.17, 15) is 26.3 Å². The Labute approximate surface area is 205 Å². The molecular weight excluding hydrogens is 645 g/mol. The van der Waals surface area contributed by atoms with Crippen LogP contribution < -0.4 is 10.6 Å². The summed E-state index contributed by atoms with van der Waals surface area (Å²) in [5.74, 6) is 0.367. The summed E-state index contributed by atoms with van der Waals surface area (Å²) >= 11 is 0. The topological polar surface area (TPSA) is 97.5 Å². The molecule has 0 bridgehead atoms. The number of anilines is 2. The number of allylic oxidation sites excluding steroid dienone is 2. The van der Waals surface area contributed by atoms with Gasteiger partial charge in [0.25, 0.3) is 0 Å². The summed E-state index contributed by atoms with van der Waals surface area (Å²) in [5.41, 5.74) is -2.97. The third kappa shape index (κ3) is 8.09. The van der Waals surface area contributed by atoms with Gasteiger partial charge in [0, 0.05) is 39.9 Å². The maximum absolute atomic E-state index is 12.4. The van der Waals surface area contributed by atoms with E-state index in [4.69, 9.17) is 10.8 Å². The molecule has 2 aromatic rings. The van der Waals surface area contributed by atoms with E-state index in [0.29, 0.717) is 23.5 Å². The molecule has 0 aliphatic heterocycles. The van der Waals surface area contributed by atoms with Gasteiger partial charge >= 0.3 is 33.4 Å².